The van der Waals surface area contributed by atoms with E-state index in [0.717, 1.165) is 29.8 Å². The minimum atomic E-state index is 0.188. The Morgan fingerprint density at radius 2 is 2.11 bits per heavy atom. The summed E-state index contributed by atoms with van der Waals surface area (Å²) in [6, 6.07) is 7.84. The Kier molecular flexibility index (Phi) is 3.60. The first-order chi connectivity index (χ1) is 9.24. The van der Waals surface area contributed by atoms with Gasteiger partial charge in [0.2, 0.25) is 0 Å². The van der Waals surface area contributed by atoms with Gasteiger partial charge in [-0.05, 0) is 25.0 Å². The van der Waals surface area contributed by atoms with Gasteiger partial charge >= 0.3 is 0 Å². The fourth-order valence-electron chi connectivity index (χ4n) is 2.78. The number of fused-ring (bicyclic) bond motifs is 1. The Bertz CT molecular complexity index is 560. The van der Waals surface area contributed by atoms with E-state index in [2.05, 4.69) is 4.98 Å². The van der Waals surface area contributed by atoms with Gasteiger partial charge in [0, 0.05) is 18.1 Å². The van der Waals surface area contributed by atoms with Gasteiger partial charge in [-0.1, -0.05) is 36.7 Å². The maximum absolute atomic E-state index is 11.4. The van der Waals surface area contributed by atoms with Crippen LogP contribution in [0.1, 0.15) is 44.4 Å². The van der Waals surface area contributed by atoms with E-state index >= 15 is 0 Å². The molecule has 0 amide bonds. The monoisotopic (exact) mass is 275 g/mol. The van der Waals surface area contributed by atoms with Gasteiger partial charge in [-0.15, -0.1) is 0 Å². The summed E-state index contributed by atoms with van der Waals surface area (Å²) >= 11 is 1.45. The van der Waals surface area contributed by atoms with Crippen molar-refractivity contribution in [2.75, 3.05) is 0 Å². The van der Waals surface area contributed by atoms with E-state index in [1.54, 1.807) is 6.92 Å². The van der Waals surface area contributed by atoms with Gasteiger partial charge in [0.1, 0.15) is 5.52 Å². The number of thioether (sulfide) groups is 1. The summed E-state index contributed by atoms with van der Waals surface area (Å²) in [7, 11) is 0. The first-order valence-corrected chi connectivity index (χ1v) is 7.64. The molecular formula is C15H17NO2S. The number of aromatic nitrogens is 1. The number of carbonyl (C=O) groups excluding carboxylic acids is 1. The summed E-state index contributed by atoms with van der Waals surface area (Å²) in [4.78, 5) is 16.0. The second kappa shape index (κ2) is 5.37. The maximum Gasteiger partial charge on any atom is 0.199 e. The number of oxazole rings is 1. The van der Waals surface area contributed by atoms with Gasteiger partial charge in [0.15, 0.2) is 16.6 Å². The Balaban J connectivity index is 1.91. The van der Waals surface area contributed by atoms with Crippen molar-refractivity contribution >= 4 is 28.0 Å². The highest BCUT2D eigenvalue weighted by Gasteiger charge is 2.31. The maximum atomic E-state index is 11.4. The summed E-state index contributed by atoms with van der Waals surface area (Å²) in [5.41, 5.74) is 1.75. The standard InChI is InChI=1S/C15H17NO2S/c1-10(17)19-14-9-5-2-6-11(14)15-16-12-7-3-4-8-13(12)18-15/h3-4,7-8,11,14H,2,5-6,9H2,1H3. The van der Waals surface area contributed by atoms with E-state index in [1.807, 2.05) is 24.3 Å². The summed E-state index contributed by atoms with van der Waals surface area (Å²) < 4.78 is 5.88. The Morgan fingerprint density at radius 3 is 2.89 bits per heavy atom. The first-order valence-electron chi connectivity index (χ1n) is 6.77. The number of benzene rings is 1. The van der Waals surface area contributed by atoms with Crippen molar-refractivity contribution in [3.05, 3.63) is 30.2 Å². The molecule has 0 aliphatic heterocycles. The number of rotatable bonds is 2. The Hall–Kier alpha value is -1.29. The lowest BCUT2D eigenvalue weighted by atomic mass is 9.88. The fraction of sp³-hybridized carbons (Fsp3) is 0.467. The number of para-hydroxylation sites is 2. The van der Waals surface area contributed by atoms with E-state index in [1.165, 1.54) is 24.6 Å². The number of hydrogen-bond acceptors (Lipinski definition) is 4. The minimum absolute atomic E-state index is 0.188. The first kappa shape index (κ1) is 12.7. The van der Waals surface area contributed by atoms with Crippen molar-refractivity contribution in [2.24, 2.45) is 0 Å². The Labute approximate surface area is 116 Å². The molecule has 1 aromatic carbocycles. The van der Waals surface area contributed by atoms with Crippen molar-refractivity contribution in [1.29, 1.82) is 0 Å². The van der Waals surface area contributed by atoms with Gasteiger partial charge in [-0.3, -0.25) is 4.79 Å². The molecule has 0 bridgehead atoms. The van der Waals surface area contributed by atoms with Crippen LogP contribution in [-0.2, 0) is 4.79 Å². The lowest BCUT2D eigenvalue weighted by Gasteiger charge is -2.27. The van der Waals surface area contributed by atoms with E-state index in [9.17, 15) is 4.79 Å². The summed E-state index contributed by atoms with van der Waals surface area (Å²) in [6.07, 6.45) is 4.53. The molecule has 0 radical (unpaired) electrons. The molecule has 0 saturated heterocycles. The highest BCUT2D eigenvalue weighted by atomic mass is 32.2. The number of carbonyl (C=O) groups is 1. The van der Waals surface area contributed by atoms with Crippen molar-refractivity contribution in [1.82, 2.24) is 4.98 Å². The number of nitrogens with zero attached hydrogens (tertiary/aromatic N) is 1. The SMILES string of the molecule is CC(=O)SC1CCCCC1c1nc2ccccc2o1. The molecule has 3 nitrogen and oxygen atoms in total. The van der Waals surface area contributed by atoms with Crippen LogP contribution in [0.4, 0.5) is 0 Å². The van der Waals surface area contributed by atoms with Crippen LogP contribution in [0, 0.1) is 0 Å². The van der Waals surface area contributed by atoms with Crippen molar-refractivity contribution in [3.8, 4) is 0 Å². The van der Waals surface area contributed by atoms with Crippen LogP contribution in [0.25, 0.3) is 11.1 Å². The summed E-state index contributed by atoms with van der Waals surface area (Å²) in [5.74, 6) is 1.08. The van der Waals surface area contributed by atoms with Crippen LogP contribution >= 0.6 is 11.8 Å². The lowest BCUT2D eigenvalue weighted by molar-refractivity contribution is -0.109. The average Bonchev–Trinajstić information content (AvgIpc) is 2.82. The molecule has 2 atom stereocenters. The molecule has 1 saturated carbocycles. The smallest absolute Gasteiger partial charge is 0.199 e. The average molecular weight is 275 g/mol. The second-order valence-corrected chi connectivity index (χ2v) is 6.47. The molecular weight excluding hydrogens is 258 g/mol. The topological polar surface area (TPSA) is 43.1 Å². The quantitative estimate of drug-likeness (QED) is 0.826. The third-order valence-corrected chi connectivity index (χ3v) is 4.85. The van der Waals surface area contributed by atoms with E-state index in [0.29, 0.717) is 5.25 Å². The van der Waals surface area contributed by atoms with Crippen LogP contribution in [0.2, 0.25) is 0 Å². The van der Waals surface area contributed by atoms with E-state index in [-0.39, 0.29) is 11.0 Å². The zero-order valence-electron chi connectivity index (χ0n) is 11.0. The van der Waals surface area contributed by atoms with Crippen LogP contribution in [-0.4, -0.2) is 15.3 Å². The molecule has 2 unspecified atom stereocenters. The summed E-state index contributed by atoms with van der Waals surface area (Å²) in [6.45, 7) is 1.64. The molecule has 2 aromatic rings. The van der Waals surface area contributed by atoms with Crippen LogP contribution in [0.15, 0.2) is 28.7 Å². The zero-order valence-corrected chi connectivity index (χ0v) is 11.8. The Morgan fingerprint density at radius 1 is 1.32 bits per heavy atom. The highest BCUT2D eigenvalue weighted by Crippen LogP contribution is 2.40. The zero-order chi connectivity index (χ0) is 13.2. The lowest BCUT2D eigenvalue weighted by Crippen LogP contribution is -2.21. The molecule has 1 aliphatic carbocycles. The van der Waals surface area contributed by atoms with Crippen LogP contribution in [0.5, 0.6) is 0 Å². The highest BCUT2D eigenvalue weighted by molar-refractivity contribution is 8.14. The van der Waals surface area contributed by atoms with Gasteiger partial charge in [-0.2, -0.15) is 0 Å². The van der Waals surface area contributed by atoms with Crippen molar-refractivity contribution in [2.45, 2.75) is 43.8 Å². The molecule has 100 valence electrons. The molecule has 1 heterocycles. The molecule has 1 aromatic heterocycles. The minimum Gasteiger partial charge on any atom is -0.440 e. The molecule has 4 heteroatoms. The van der Waals surface area contributed by atoms with Gasteiger partial charge in [-0.25, -0.2) is 4.98 Å². The molecule has 19 heavy (non-hydrogen) atoms. The second-order valence-electron chi connectivity index (χ2n) is 5.06. The van der Waals surface area contributed by atoms with Crippen molar-refractivity contribution in [3.63, 3.8) is 0 Å². The third-order valence-electron chi connectivity index (χ3n) is 3.65. The number of hydrogen-bond donors (Lipinski definition) is 0. The van der Waals surface area contributed by atoms with Crippen LogP contribution in [0.3, 0.4) is 0 Å². The molecule has 1 fully saturated rings. The van der Waals surface area contributed by atoms with Gasteiger partial charge in [0.25, 0.3) is 0 Å². The summed E-state index contributed by atoms with van der Waals surface area (Å²) in [5, 5.41) is 0.507. The predicted molar refractivity (Wildman–Crippen MR) is 77.3 cm³/mol. The fourth-order valence-corrected chi connectivity index (χ4v) is 3.91. The van der Waals surface area contributed by atoms with Crippen molar-refractivity contribution < 1.29 is 9.21 Å². The van der Waals surface area contributed by atoms with Gasteiger partial charge < -0.3 is 4.42 Å². The molecule has 1 aliphatic rings. The van der Waals surface area contributed by atoms with Gasteiger partial charge in [0.05, 0.1) is 0 Å². The normalized spacial score (nSPS) is 23.6. The molecule has 0 N–H and O–H groups in total. The third kappa shape index (κ3) is 2.68. The largest absolute Gasteiger partial charge is 0.440 e. The predicted octanol–water partition coefficient (Wildman–Crippen LogP) is 4.13. The molecule has 3 rings (SSSR count). The van der Waals surface area contributed by atoms with E-state index < -0.39 is 0 Å². The van der Waals surface area contributed by atoms with Crippen LogP contribution < -0.4 is 0 Å². The van der Waals surface area contributed by atoms with E-state index in [4.69, 9.17) is 4.42 Å². The molecule has 0 spiro atoms.